The minimum absolute atomic E-state index is 0.0808. The quantitative estimate of drug-likeness (QED) is 0.0735. The lowest BCUT2D eigenvalue weighted by Crippen LogP contribution is -2.13. The van der Waals surface area contributed by atoms with Gasteiger partial charge in [0, 0.05) is 23.0 Å². The topological polar surface area (TPSA) is 0 Å². The van der Waals surface area contributed by atoms with Crippen LogP contribution in [-0.4, -0.2) is 0 Å². The Morgan fingerprint density at radius 2 is 0.770 bits per heavy atom. The fourth-order valence-electron chi connectivity index (χ4n) is 9.22. The minimum atomic E-state index is -0.0815. The van der Waals surface area contributed by atoms with Crippen LogP contribution in [0.3, 0.4) is 0 Å². The molecule has 2 aliphatic rings. The minimum Gasteiger partial charge on any atom is -0.207 e. The van der Waals surface area contributed by atoms with E-state index in [4.69, 9.17) is 0 Å². The summed E-state index contributed by atoms with van der Waals surface area (Å²) in [6, 6.07) is 27.9. The summed E-state index contributed by atoms with van der Waals surface area (Å²) in [6.45, 7) is 8.91. The van der Waals surface area contributed by atoms with Gasteiger partial charge in [-0.05, 0) is 159 Å². The van der Waals surface area contributed by atoms with Crippen molar-refractivity contribution in [3.63, 3.8) is 0 Å². The molecule has 0 aromatic heterocycles. The van der Waals surface area contributed by atoms with Gasteiger partial charge < -0.3 is 0 Å². The number of hydrogen-bond acceptors (Lipinski definition) is 0. The van der Waals surface area contributed by atoms with Crippen molar-refractivity contribution in [3.8, 4) is 45.9 Å². The highest BCUT2D eigenvalue weighted by molar-refractivity contribution is 5.66. The Labute approximate surface area is 371 Å². The molecule has 6 rings (SSSR count). The molecule has 0 unspecified atom stereocenters. The van der Waals surface area contributed by atoms with E-state index in [0.717, 1.165) is 108 Å². The van der Waals surface area contributed by atoms with E-state index < -0.39 is 0 Å². The zero-order valence-corrected chi connectivity index (χ0v) is 38.4. The lowest BCUT2D eigenvalue weighted by molar-refractivity contribution is 0.294. The Kier molecular flexibility index (Phi) is 21.2. The van der Waals surface area contributed by atoms with Crippen molar-refractivity contribution in [2.24, 2.45) is 23.7 Å². The van der Waals surface area contributed by atoms with Crippen molar-refractivity contribution in [1.29, 1.82) is 0 Å². The summed E-state index contributed by atoms with van der Waals surface area (Å²) in [7, 11) is 0. The van der Waals surface area contributed by atoms with Crippen LogP contribution in [0.25, 0.3) is 22.3 Å². The third kappa shape index (κ3) is 16.6. The third-order valence-electron chi connectivity index (χ3n) is 13.4. The lowest BCUT2D eigenvalue weighted by Gasteiger charge is -2.25. The van der Waals surface area contributed by atoms with Gasteiger partial charge in [0.25, 0.3) is 0 Å². The van der Waals surface area contributed by atoms with E-state index in [-0.39, 0.29) is 11.6 Å². The average Bonchev–Trinajstić information content (AvgIpc) is 3.29. The Morgan fingerprint density at radius 3 is 1.15 bits per heavy atom. The number of halogens is 2. The third-order valence-corrected chi connectivity index (χ3v) is 13.4. The van der Waals surface area contributed by atoms with Crippen LogP contribution in [-0.2, 0) is 12.8 Å². The molecular weight excluding hydrogens is 747 g/mol. The van der Waals surface area contributed by atoms with Crippen LogP contribution in [0.4, 0.5) is 8.78 Å². The van der Waals surface area contributed by atoms with Crippen molar-refractivity contribution in [2.75, 3.05) is 0 Å². The second-order valence-corrected chi connectivity index (χ2v) is 18.3. The van der Waals surface area contributed by atoms with Crippen LogP contribution >= 0.6 is 0 Å². The van der Waals surface area contributed by atoms with Crippen molar-refractivity contribution in [3.05, 3.63) is 119 Å². The molecule has 0 amide bonds. The zero-order valence-electron chi connectivity index (χ0n) is 38.4. The fourth-order valence-corrected chi connectivity index (χ4v) is 9.22. The first-order valence-corrected chi connectivity index (χ1v) is 24.7. The smallest absolute Gasteiger partial charge is 0.127 e. The van der Waals surface area contributed by atoms with E-state index in [1.165, 1.54) is 96.3 Å². The summed E-state index contributed by atoms with van der Waals surface area (Å²) in [5.41, 5.74) is 7.77. The standard InChI is InChI=1S/C30H39F.C29H37F/c1-3-5-7-9-24-11-13-25(14-12-24)15-16-26-17-19-27(20-18-26)29-22-21-28(30(31)23-29)10-8-6-4-2;1-3-5-7-9-27-20-21-28(22-29(27)30)26-18-16-25(17-19-26)15-14-24-12-10-23(11-13-24)8-6-4-2/h17-25H,3-14H2,1-2H3;16-24H,3-13H2,1-2H3/t24-,25-;23-,24-. The van der Waals surface area contributed by atoms with Crippen LogP contribution in [0.15, 0.2) is 84.9 Å². The average molecular weight is 823 g/mol. The molecule has 61 heavy (non-hydrogen) atoms. The van der Waals surface area contributed by atoms with E-state index in [2.05, 4.69) is 99.9 Å². The summed E-state index contributed by atoms with van der Waals surface area (Å²) in [4.78, 5) is 0. The Morgan fingerprint density at radius 1 is 0.410 bits per heavy atom. The maximum atomic E-state index is 14.5. The van der Waals surface area contributed by atoms with Crippen molar-refractivity contribution in [2.45, 2.75) is 175 Å². The highest BCUT2D eigenvalue weighted by atomic mass is 19.1. The molecule has 0 bridgehead atoms. The molecule has 4 aromatic carbocycles. The normalized spacial score (nSPS) is 18.5. The molecule has 0 radical (unpaired) electrons. The van der Waals surface area contributed by atoms with Crippen LogP contribution in [0.2, 0.25) is 0 Å². The van der Waals surface area contributed by atoms with Gasteiger partial charge in [-0.3, -0.25) is 0 Å². The molecule has 2 fully saturated rings. The first kappa shape index (κ1) is 47.9. The predicted octanol–water partition coefficient (Wildman–Crippen LogP) is 17.5. The SMILES string of the molecule is CCCCCc1ccc(-c2ccc(C#C[C@H]3CC[C@H](CCCC)CC3)cc2)cc1F.CCCCCc1ccc(-c2ccc(C#C[C@H]3CC[C@H](CCCCC)CC3)cc2)cc1F. The first-order chi connectivity index (χ1) is 29.9. The molecular formula is C59H76F2. The molecule has 0 nitrogen and oxygen atoms in total. The van der Waals surface area contributed by atoms with Crippen molar-refractivity contribution < 1.29 is 8.78 Å². The van der Waals surface area contributed by atoms with E-state index in [0.29, 0.717) is 11.8 Å². The molecule has 0 aliphatic heterocycles. The van der Waals surface area contributed by atoms with Gasteiger partial charge in [0.15, 0.2) is 0 Å². The summed E-state index contributed by atoms with van der Waals surface area (Å²) < 4.78 is 28.9. The molecule has 0 atom stereocenters. The van der Waals surface area contributed by atoms with Gasteiger partial charge in [-0.1, -0.05) is 171 Å². The Balaban J connectivity index is 0.000000231. The number of rotatable bonds is 17. The Hall–Kier alpha value is -4.14. The molecule has 326 valence electrons. The van der Waals surface area contributed by atoms with Crippen LogP contribution in [0, 0.1) is 59.0 Å². The maximum Gasteiger partial charge on any atom is 0.127 e. The van der Waals surface area contributed by atoms with Gasteiger partial charge in [-0.15, -0.1) is 0 Å². The molecule has 4 aromatic rings. The van der Waals surface area contributed by atoms with Gasteiger partial charge >= 0.3 is 0 Å². The van der Waals surface area contributed by atoms with Crippen LogP contribution in [0.5, 0.6) is 0 Å². The van der Waals surface area contributed by atoms with Crippen molar-refractivity contribution >= 4 is 0 Å². The molecule has 2 heteroatoms. The zero-order chi connectivity index (χ0) is 43.1. The molecule has 2 saturated carbocycles. The summed E-state index contributed by atoms with van der Waals surface area (Å²) in [5.74, 6) is 16.6. The van der Waals surface area contributed by atoms with Gasteiger partial charge in [0.1, 0.15) is 11.6 Å². The maximum absolute atomic E-state index is 14.5. The van der Waals surface area contributed by atoms with E-state index in [9.17, 15) is 8.78 Å². The summed E-state index contributed by atoms with van der Waals surface area (Å²) in [5, 5.41) is 0. The second-order valence-electron chi connectivity index (χ2n) is 18.3. The molecule has 0 saturated heterocycles. The molecule has 0 heterocycles. The number of unbranched alkanes of at least 4 members (excludes halogenated alkanes) is 7. The monoisotopic (exact) mass is 823 g/mol. The number of benzene rings is 4. The van der Waals surface area contributed by atoms with Gasteiger partial charge in [-0.25, -0.2) is 8.78 Å². The molecule has 0 N–H and O–H groups in total. The van der Waals surface area contributed by atoms with Gasteiger partial charge in [-0.2, -0.15) is 0 Å². The lowest BCUT2D eigenvalue weighted by atomic mass is 9.80. The predicted molar refractivity (Wildman–Crippen MR) is 258 cm³/mol. The number of aryl methyl sites for hydroxylation is 2. The summed E-state index contributed by atoms with van der Waals surface area (Å²) in [6.07, 6.45) is 28.4. The van der Waals surface area contributed by atoms with Crippen LogP contribution in [0.1, 0.15) is 185 Å². The number of hydrogen-bond donors (Lipinski definition) is 0. The van der Waals surface area contributed by atoms with Crippen molar-refractivity contribution in [1.82, 2.24) is 0 Å². The van der Waals surface area contributed by atoms with Crippen LogP contribution < -0.4 is 0 Å². The molecule has 0 spiro atoms. The highest BCUT2D eigenvalue weighted by Gasteiger charge is 2.20. The highest BCUT2D eigenvalue weighted by Crippen LogP contribution is 2.33. The fraction of sp³-hybridized carbons (Fsp3) is 0.525. The Bertz CT molecular complexity index is 1970. The van der Waals surface area contributed by atoms with E-state index in [1.807, 2.05) is 24.3 Å². The van der Waals surface area contributed by atoms with E-state index in [1.54, 1.807) is 12.1 Å². The summed E-state index contributed by atoms with van der Waals surface area (Å²) >= 11 is 0. The van der Waals surface area contributed by atoms with Gasteiger partial charge in [0.05, 0.1) is 0 Å². The second kappa shape index (κ2) is 27.0. The first-order valence-electron chi connectivity index (χ1n) is 24.7. The van der Waals surface area contributed by atoms with Gasteiger partial charge in [0.2, 0.25) is 0 Å². The largest absolute Gasteiger partial charge is 0.207 e. The molecule has 2 aliphatic carbocycles. The van der Waals surface area contributed by atoms with E-state index >= 15 is 0 Å².